The van der Waals surface area contributed by atoms with Gasteiger partial charge < -0.3 is 10.2 Å². The van der Waals surface area contributed by atoms with Crippen LogP contribution in [-0.2, 0) is 0 Å². The lowest BCUT2D eigenvalue weighted by Crippen LogP contribution is -2.12. The molecule has 2 aromatic carbocycles. The third-order valence-corrected chi connectivity index (χ3v) is 5.00. The predicted molar refractivity (Wildman–Crippen MR) is 88.1 cm³/mol. The molecule has 0 spiro atoms. The van der Waals surface area contributed by atoms with Crippen molar-refractivity contribution in [1.82, 2.24) is 0 Å². The number of nitrogens with two attached hydrogens (primary N) is 1. The Bertz CT molecular complexity index is 780. The van der Waals surface area contributed by atoms with E-state index in [0.29, 0.717) is 11.8 Å². The summed E-state index contributed by atoms with van der Waals surface area (Å²) >= 11 is 3.53. The first-order valence-corrected chi connectivity index (χ1v) is 8.02. The van der Waals surface area contributed by atoms with Gasteiger partial charge in [0.1, 0.15) is 11.3 Å². The SMILES string of the molecule is NC(c1cc2cccc(Br)c2o1)C1CC1c1ccccc1. The van der Waals surface area contributed by atoms with E-state index in [1.807, 2.05) is 12.1 Å². The maximum Gasteiger partial charge on any atom is 0.148 e. The molecule has 0 bridgehead atoms. The largest absolute Gasteiger partial charge is 0.458 e. The summed E-state index contributed by atoms with van der Waals surface area (Å²) in [5, 5.41) is 1.10. The topological polar surface area (TPSA) is 39.2 Å². The predicted octanol–water partition coefficient (Wildman–Crippen LogP) is 5.00. The van der Waals surface area contributed by atoms with Gasteiger partial charge in [0.15, 0.2) is 0 Å². The summed E-state index contributed by atoms with van der Waals surface area (Å²) < 4.78 is 6.95. The zero-order valence-corrected chi connectivity index (χ0v) is 13.1. The molecule has 2 N–H and O–H groups in total. The van der Waals surface area contributed by atoms with Crippen LogP contribution in [0, 0.1) is 5.92 Å². The Morgan fingerprint density at radius 1 is 1.10 bits per heavy atom. The molecule has 21 heavy (non-hydrogen) atoms. The van der Waals surface area contributed by atoms with Crippen molar-refractivity contribution in [2.75, 3.05) is 0 Å². The van der Waals surface area contributed by atoms with Crippen LogP contribution in [0.1, 0.15) is 29.7 Å². The van der Waals surface area contributed by atoms with Gasteiger partial charge in [0, 0.05) is 5.39 Å². The van der Waals surface area contributed by atoms with Crippen molar-refractivity contribution >= 4 is 26.9 Å². The van der Waals surface area contributed by atoms with Crippen LogP contribution in [-0.4, -0.2) is 0 Å². The number of halogens is 1. The van der Waals surface area contributed by atoms with E-state index in [4.69, 9.17) is 10.2 Å². The molecule has 2 nitrogen and oxygen atoms in total. The summed E-state index contributed by atoms with van der Waals surface area (Å²) in [6.07, 6.45) is 1.14. The summed E-state index contributed by atoms with van der Waals surface area (Å²) in [6.45, 7) is 0. The van der Waals surface area contributed by atoms with Gasteiger partial charge in [-0.1, -0.05) is 42.5 Å². The van der Waals surface area contributed by atoms with E-state index < -0.39 is 0 Å². The van der Waals surface area contributed by atoms with Crippen LogP contribution in [0.15, 0.2) is 63.5 Å². The minimum Gasteiger partial charge on any atom is -0.458 e. The van der Waals surface area contributed by atoms with Crippen molar-refractivity contribution in [2.24, 2.45) is 11.7 Å². The van der Waals surface area contributed by atoms with Gasteiger partial charge in [0.25, 0.3) is 0 Å². The smallest absolute Gasteiger partial charge is 0.148 e. The zero-order valence-electron chi connectivity index (χ0n) is 11.5. The molecule has 1 saturated carbocycles. The Kier molecular flexibility index (Phi) is 3.12. The maximum absolute atomic E-state index is 6.43. The maximum atomic E-state index is 6.43. The first-order chi connectivity index (χ1) is 10.2. The number of hydrogen-bond acceptors (Lipinski definition) is 2. The standard InChI is InChI=1S/C18H16BrNO/c19-15-8-4-7-12-9-16(21-18(12)15)17(20)14-10-13(14)11-5-2-1-3-6-11/h1-9,13-14,17H,10,20H2. The van der Waals surface area contributed by atoms with Crippen LogP contribution in [0.5, 0.6) is 0 Å². The second-order valence-electron chi connectivity index (χ2n) is 5.75. The number of hydrogen-bond donors (Lipinski definition) is 1. The fraction of sp³-hybridized carbons (Fsp3) is 0.222. The molecular formula is C18H16BrNO. The van der Waals surface area contributed by atoms with E-state index in [9.17, 15) is 0 Å². The number of rotatable bonds is 3. The molecule has 0 aliphatic heterocycles. The highest BCUT2D eigenvalue weighted by Crippen LogP contribution is 2.53. The van der Waals surface area contributed by atoms with Gasteiger partial charge in [-0.15, -0.1) is 0 Å². The van der Waals surface area contributed by atoms with Crippen molar-refractivity contribution in [3.8, 4) is 0 Å². The van der Waals surface area contributed by atoms with Crippen LogP contribution < -0.4 is 5.73 Å². The highest BCUT2D eigenvalue weighted by atomic mass is 79.9. The lowest BCUT2D eigenvalue weighted by atomic mass is 10.0. The minimum absolute atomic E-state index is 0.0329. The Morgan fingerprint density at radius 2 is 1.90 bits per heavy atom. The van der Waals surface area contributed by atoms with Crippen LogP contribution in [0.4, 0.5) is 0 Å². The summed E-state index contributed by atoms with van der Waals surface area (Å²) in [4.78, 5) is 0. The second-order valence-corrected chi connectivity index (χ2v) is 6.60. The molecule has 106 valence electrons. The van der Waals surface area contributed by atoms with Crippen molar-refractivity contribution in [1.29, 1.82) is 0 Å². The molecule has 0 saturated heterocycles. The Morgan fingerprint density at radius 3 is 2.67 bits per heavy atom. The van der Waals surface area contributed by atoms with Gasteiger partial charge in [0.05, 0.1) is 10.5 Å². The van der Waals surface area contributed by atoms with Crippen molar-refractivity contribution in [3.05, 3.63) is 70.4 Å². The van der Waals surface area contributed by atoms with Crippen LogP contribution in [0.3, 0.4) is 0 Å². The van der Waals surface area contributed by atoms with Gasteiger partial charge in [-0.25, -0.2) is 0 Å². The molecule has 1 fully saturated rings. The molecule has 3 atom stereocenters. The molecule has 1 aromatic heterocycles. The number of benzene rings is 2. The van der Waals surface area contributed by atoms with E-state index in [-0.39, 0.29) is 6.04 Å². The van der Waals surface area contributed by atoms with Gasteiger partial charge in [-0.05, 0) is 51.9 Å². The number of fused-ring (bicyclic) bond motifs is 1. The third kappa shape index (κ3) is 2.30. The second kappa shape index (κ2) is 5.00. The van der Waals surface area contributed by atoms with Gasteiger partial charge in [-0.2, -0.15) is 0 Å². The molecule has 4 rings (SSSR count). The molecule has 1 aliphatic rings. The van der Waals surface area contributed by atoms with Gasteiger partial charge >= 0.3 is 0 Å². The van der Waals surface area contributed by atoms with Gasteiger partial charge in [0.2, 0.25) is 0 Å². The molecule has 0 radical (unpaired) electrons. The lowest BCUT2D eigenvalue weighted by molar-refractivity contribution is 0.461. The molecule has 0 amide bonds. The van der Waals surface area contributed by atoms with Crippen molar-refractivity contribution in [2.45, 2.75) is 18.4 Å². The number of furan rings is 1. The highest BCUT2D eigenvalue weighted by molar-refractivity contribution is 9.10. The van der Waals surface area contributed by atoms with E-state index >= 15 is 0 Å². The lowest BCUT2D eigenvalue weighted by Gasteiger charge is -2.08. The fourth-order valence-electron chi connectivity index (χ4n) is 3.12. The first kappa shape index (κ1) is 13.1. The monoisotopic (exact) mass is 341 g/mol. The number of para-hydroxylation sites is 1. The van der Waals surface area contributed by atoms with E-state index in [2.05, 4.69) is 58.4 Å². The molecule has 3 heteroatoms. The zero-order chi connectivity index (χ0) is 14.4. The van der Waals surface area contributed by atoms with E-state index in [1.54, 1.807) is 0 Å². The molecular weight excluding hydrogens is 326 g/mol. The molecule has 3 unspecified atom stereocenters. The molecule has 1 heterocycles. The average Bonchev–Trinajstić information content (AvgIpc) is 3.19. The molecule has 1 aliphatic carbocycles. The van der Waals surface area contributed by atoms with Crippen molar-refractivity contribution in [3.63, 3.8) is 0 Å². The summed E-state index contributed by atoms with van der Waals surface area (Å²) in [5.74, 6) is 1.94. The van der Waals surface area contributed by atoms with Gasteiger partial charge in [-0.3, -0.25) is 0 Å². The van der Waals surface area contributed by atoms with Crippen LogP contribution in [0.2, 0.25) is 0 Å². The third-order valence-electron chi connectivity index (χ3n) is 4.37. The van der Waals surface area contributed by atoms with Crippen molar-refractivity contribution < 1.29 is 4.42 Å². The fourth-order valence-corrected chi connectivity index (χ4v) is 3.58. The summed E-state index contributed by atoms with van der Waals surface area (Å²) in [6, 6.07) is 18.7. The Labute approximate surface area is 132 Å². The summed E-state index contributed by atoms with van der Waals surface area (Å²) in [5.41, 5.74) is 8.71. The van der Waals surface area contributed by atoms with E-state index in [0.717, 1.165) is 27.6 Å². The quantitative estimate of drug-likeness (QED) is 0.728. The first-order valence-electron chi connectivity index (χ1n) is 7.22. The average molecular weight is 342 g/mol. The van der Waals surface area contributed by atoms with E-state index in [1.165, 1.54) is 5.56 Å². The summed E-state index contributed by atoms with van der Waals surface area (Å²) in [7, 11) is 0. The molecule has 3 aromatic rings. The Balaban J connectivity index is 1.60. The minimum atomic E-state index is -0.0329. The highest BCUT2D eigenvalue weighted by Gasteiger charge is 2.44. The van der Waals surface area contributed by atoms with Crippen LogP contribution in [0.25, 0.3) is 11.0 Å². The Hall–Kier alpha value is -1.58. The van der Waals surface area contributed by atoms with Crippen LogP contribution >= 0.6 is 15.9 Å². The normalized spacial score (nSPS) is 22.4.